The summed E-state index contributed by atoms with van der Waals surface area (Å²) >= 11 is 0. The molecule has 1 aliphatic heterocycles. The first-order chi connectivity index (χ1) is 8.24. The lowest BCUT2D eigenvalue weighted by atomic mass is 9.91. The molecule has 0 radical (unpaired) electrons. The van der Waals surface area contributed by atoms with Crippen LogP contribution in [0, 0.1) is 0 Å². The molecular formula is C14H20N2O. The van der Waals surface area contributed by atoms with E-state index in [1.165, 1.54) is 5.56 Å². The van der Waals surface area contributed by atoms with Crippen LogP contribution in [-0.2, 0) is 4.79 Å². The number of hydrogen-bond acceptors (Lipinski definition) is 2. The second-order valence-corrected chi connectivity index (χ2v) is 4.65. The molecule has 1 amide bonds. The highest BCUT2D eigenvalue weighted by atomic mass is 16.2. The first-order valence-corrected chi connectivity index (χ1v) is 6.28. The molecule has 0 bridgehead atoms. The van der Waals surface area contributed by atoms with Gasteiger partial charge in [-0.15, -0.1) is 0 Å². The number of benzene rings is 1. The fourth-order valence-corrected chi connectivity index (χ4v) is 2.37. The maximum absolute atomic E-state index is 12.1. The fourth-order valence-electron chi connectivity index (χ4n) is 2.37. The summed E-state index contributed by atoms with van der Waals surface area (Å²) in [4.78, 5) is 14.0. The third-order valence-electron chi connectivity index (χ3n) is 3.43. The van der Waals surface area contributed by atoms with Gasteiger partial charge in [-0.05, 0) is 31.0 Å². The van der Waals surface area contributed by atoms with E-state index in [0.717, 1.165) is 25.2 Å². The minimum absolute atomic E-state index is 0.221. The van der Waals surface area contributed by atoms with Crippen molar-refractivity contribution in [1.82, 2.24) is 5.32 Å². The van der Waals surface area contributed by atoms with E-state index in [0.29, 0.717) is 12.3 Å². The Kier molecular flexibility index (Phi) is 3.79. The second-order valence-electron chi connectivity index (χ2n) is 4.65. The maximum Gasteiger partial charge on any atom is 0.228 e. The Balaban J connectivity index is 2.21. The number of para-hydroxylation sites is 1. The maximum atomic E-state index is 12.1. The van der Waals surface area contributed by atoms with Crippen LogP contribution in [-0.4, -0.2) is 26.0 Å². The van der Waals surface area contributed by atoms with Crippen LogP contribution in [0.1, 0.15) is 31.2 Å². The van der Waals surface area contributed by atoms with Crippen LogP contribution in [0.2, 0.25) is 0 Å². The van der Waals surface area contributed by atoms with Gasteiger partial charge in [0, 0.05) is 25.2 Å². The number of rotatable bonds is 3. The summed E-state index contributed by atoms with van der Waals surface area (Å²) in [5.74, 6) is 0.776. The Labute approximate surface area is 103 Å². The van der Waals surface area contributed by atoms with Crippen LogP contribution in [0.3, 0.4) is 0 Å². The molecule has 0 aromatic heterocycles. The largest absolute Gasteiger partial charge is 0.319 e. The van der Waals surface area contributed by atoms with Gasteiger partial charge < -0.3 is 10.2 Å². The van der Waals surface area contributed by atoms with Crippen LogP contribution < -0.4 is 10.2 Å². The second kappa shape index (κ2) is 5.32. The van der Waals surface area contributed by atoms with Crippen molar-refractivity contribution in [3.05, 3.63) is 29.8 Å². The highest BCUT2D eigenvalue weighted by Gasteiger charge is 2.25. The zero-order valence-corrected chi connectivity index (χ0v) is 10.6. The van der Waals surface area contributed by atoms with Gasteiger partial charge in [0.15, 0.2) is 0 Å². The quantitative estimate of drug-likeness (QED) is 0.866. The number of hydrogen-bond donors (Lipinski definition) is 1. The topological polar surface area (TPSA) is 32.3 Å². The van der Waals surface area contributed by atoms with Crippen molar-refractivity contribution in [2.45, 2.75) is 25.7 Å². The van der Waals surface area contributed by atoms with E-state index in [2.05, 4.69) is 30.4 Å². The van der Waals surface area contributed by atoms with E-state index in [9.17, 15) is 4.79 Å². The van der Waals surface area contributed by atoms with Crippen molar-refractivity contribution < 1.29 is 4.79 Å². The Morgan fingerprint density at radius 3 is 3.00 bits per heavy atom. The van der Waals surface area contributed by atoms with Gasteiger partial charge in [0.25, 0.3) is 0 Å². The Morgan fingerprint density at radius 1 is 1.47 bits per heavy atom. The molecule has 2 rings (SSSR count). The van der Waals surface area contributed by atoms with E-state index < -0.39 is 0 Å². The zero-order valence-electron chi connectivity index (χ0n) is 10.6. The van der Waals surface area contributed by atoms with Gasteiger partial charge in [-0.2, -0.15) is 0 Å². The summed E-state index contributed by atoms with van der Waals surface area (Å²) in [6, 6.07) is 8.26. The lowest BCUT2D eigenvalue weighted by Gasteiger charge is -2.33. The number of amides is 1. The molecular weight excluding hydrogens is 212 g/mol. The van der Waals surface area contributed by atoms with Crippen molar-refractivity contribution in [3.63, 3.8) is 0 Å². The van der Waals surface area contributed by atoms with Gasteiger partial charge in [-0.25, -0.2) is 0 Å². The Bertz CT molecular complexity index is 403. The van der Waals surface area contributed by atoms with Gasteiger partial charge in [-0.1, -0.05) is 25.1 Å². The predicted molar refractivity (Wildman–Crippen MR) is 70.4 cm³/mol. The SMILES string of the molecule is CNCCC(=O)N1CCC(C)c2ccccc21. The van der Waals surface area contributed by atoms with Crippen molar-refractivity contribution in [2.75, 3.05) is 25.0 Å². The number of fused-ring (bicyclic) bond motifs is 1. The molecule has 1 unspecified atom stereocenters. The summed E-state index contributed by atoms with van der Waals surface area (Å²) in [6.45, 7) is 3.82. The molecule has 17 heavy (non-hydrogen) atoms. The highest BCUT2D eigenvalue weighted by Crippen LogP contribution is 2.34. The summed E-state index contributed by atoms with van der Waals surface area (Å²) in [5, 5.41) is 3.02. The third-order valence-corrected chi connectivity index (χ3v) is 3.43. The molecule has 3 nitrogen and oxygen atoms in total. The zero-order chi connectivity index (χ0) is 12.3. The van der Waals surface area contributed by atoms with E-state index >= 15 is 0 Å². The number of nitrogens with zero attached hydrogens (tertiary/aromatic N) is 1. The average Bonchev–Trinajstić information content (AvgIpc) is 2.37. The van der Waals surface area contributed by atoms with Crippen molar-refractivity contribution in [3.8, 4) is 0 Å². The first-order valence-electron chi connectivity index (χ1n) is 6.28. The number of nitrogens with one attached hydrogen (secondary N) is 1. The first kappa shape index (κ1) is 12.1. The molecule has 0 fully saturated rings. The van der Waals surface area contributed by atoms with E-state index in [1.807, 2.05) is 18.0 Å². The molecule has 1 aromatic carbocycles. The molecule has 0 aliphatic carbocycles. The van der Waals surface area contributed by atoms with Crippen molar-refractivity contribution in [2.24, 2.45) is 0 Å². The predicted octanol–water partition coefficient (Wildman–Crippen LogP) is 2.14. The van der Waals surface area contributed by atoms with Gasteiger partial charge in [0.2, 0.25) is 5.91 Å². The van der Waals surface area contributed by atoms with Gasteiger partial charge in [-0.3, -0.25) is 4.79 Å². The fraction of sp³-hybridized carbons (Fsp3) is 0.500. The smallest absolute Gasteiger partial charge is 0.228 e. The van der Waals surface area contributed by atoms with Crippen LogP contribution in [0.4, 0.5) is 5.69 Å². The molecule has 1 heterocycles. The molecule has 92 valence electrons. The Hall–Kier alpha value is -1.35. The lowest BCUT2D eigenvalue weighted by molar-refractivity contribution is -0.118. The standard InChI is InChI=1S/C14H20N2O/c1-11-8-10-16(14(17)7-9-15-2)13-6-4-3-5-12(11)13/h3-6,11,15H,7-10H2,1-2H3. The van der Waals surface area contributed by atoms with E-state index in [-0.39, 0.29) is 5.91 Å². The van der Waals surface area contributed by atoms with Crippen LogP contribution in [0.5, 0.6) is 0 Å². The molecule has 1 aromatic rings. The molecule has 1 atom stereocenters. The number of carbonyl (C=O) groups excluding carboxylic acids is 1. The average molecular weight is 232 g/mol. The minimum Gasteiger partial charge on any atom is -0.319 e. The molecule has 1 N–H and O–H groups in total. The summed E-state index contributed by atoms with van der Waals surface area (Å²) in [7, 11) is 1.87. The summed E-state index contributed by atoms with van der Waals surface area (Å²) < 4.78 is 0. The van der Waals surface area contributed by atoms with Gasteiger partial charge in [0.05, 0.1) is 0 Å². The highest BCUT2D eigenvalue weighted by molar-refractivity contribution is 5.94. The van der Waals surface area contributed by atoms with Crippen LogP contribution >= 0.6 is 0 Å². The van der Waals surface area contributed by atoms with E-state index in [4.69, 9.17) is 0 Å². The van der Waals surface area contributed by atoms with Crippen LogP contribution in [0.25, 0.3) is 0 Å². The van der Waals surface area contributed by atoms with E-state index in [1.54, 1.807) is 0 Å². The lowest BCUT2D eigenvalue weighted by Crippen LogP contribution is -2.37. The van der Waals surface area contributed by atoms with Gasteiger partial charge >= 0.3 is 0 Å². The minimum atomic E-state index is 0.221. The van der Waals surface area contributed by atoms with Crippen molar-refractivity contribution in [1.29, 1.82) is 0 Å². The molecule has 0 saturated carbocycles. The molecule has 1 aliphatic rings. The summed E-state index contributed by atoms with van der Waals surface area (Å²) in [5.41, 5.74) is 2.41. The van der Waals surface area contributed by atoms with Gasteiger partial charge in [0.1, 0.15) is 0 Å². The normalized spacial score (nSPS) is 18.9. The molecule has 0 saturated heterocycles. The van der Waals surface area contributed by atoms with Crippen LogP contribution in [0.15, 0.2) is 24.3 Å². The third kappa shape index (κ3) is 2.50. The number of carbonyl (C=O) groups is 1. The summed E-state index contributed by atoms with van der Waals surface area (Å²) in [6.07, 6.45) is 1.63. The van der Waals surface area contributed by atoms with Crippen molar-refractivity contribution >= 4 is 11.6 Å². The molecule has 0 spiro atoms. The molecule has 3 heteroatoms. The Morgan fingerprint density at radius 2 is 2.24 bits per heavy atom. The monoisotopic (exact) mass is 232 g/mol. The number of anilines is 1.